The molecule has 1 aliphatic heterocycles. The minimum atomic E-state index is -0.398. The van der Waals surface area contributed by atoms with Gasteiger partial charge in [-0.3, -0.25) is 5.10 Å². The predicted octanol–water partition coefficient (Wildman–Crippen LogP) is 4.37. The van der Waals surface area contributed by atoms with Gasteiger partial charge in [0.2, 0.25) is 0 Å². The van der Waals surface area contributed by atoms with Crippen LogP contribution >= 0.6 is 12.4 Å². The van der Waals surface area contributed by atoms with E-state index in [4.69, 9.17) is 4.74 Å². The maximum Gasteiger partial charge on any atom is 0.182 e. The zero-order valence-electron chi connectivity index (χ0n) is 19.6. The Morgan fingerprint density at radius 2 is 1.89 bits per heavy atom. The number of piperazine rings is 1. The normalized spacial score (nSPS) is 13.4. The predicted molar refractivity (Wildman–Crippen MR) is 137 cm³/mol. The molecule has 180 valence electrons. The van der Waals surface area contributed by atoms with Gasteiger partial charge in [0, 0.05) is 55.6 Å². The minimum absolute atomic E-state index is 0. The number of hydrogen-bond acceptors (Lipinski definition) is 6. The molecular formula is C26H26ClFN6O. The van der Waals surface area contributed by atoms with Gasteiger partial charge in [0.1, 0.15) is 17.6 Å². The van der Waals surface area contributed by atoms with Crippen molar-refractivity contribution in [1.29, 1.82) is 5.26 Å². The molecule has 2 N–H and O–H groups in total. The minimum Gasteiger partial charge on any atom is -0.497 e. The number of benzene rings is 2. The number of aromatic amines is 1. The summed E-state index contributed by atoms with van der Waals surface area (Å²) in [5.74, 6) is 0.0450. The molecule has 4 aromatic rings. The molecule has 7 nitrogen and oxygen atoms in total. The molecule has 35 heavy (non-hydrogen) atoms. The number of ether oxygens (including phenoxy) is 1. The summed E-state index contributed by atoms with van der Waals surface area (Å²) in [6.07, 6.45) is 0.173. The van der Waals surface area contributed by atoms with Crippen LogP contribution in [0.15, 0.2) is 42.5 Å². The summed E-state index contributed by atoms with van der Waals surface area (Å²) in [5.41, 5.74) is 5.55. The summed E-state index contributed by atoms with van der Waals surface area (Å²) in [6.45, 7) is 5.76. The van der Waals surface area contributed by atoms with Crippen molar-refractivity contribution in [2.24, 2.45) is 0 Å². The highest BCUT2D eigenvalue weighted by Gasteiger charge is 2.21. The monoisotopic (exact) mass is 492 g/mol. The van der Waals surface area contributed by atoms with E-state index in [0.29, 0.717) is 28.2 Å². The Balaban J connectivity index is 0.00000289. The van der Waals surface area contributed by atoms with Crippen molar-refractivity contribution < 1.29 is 9.13 Å². The van der Waals surface area contributed by atoms with Gasteiger partial charge in [-0.05, 0) is 36.2 Å². The first-order chi connectivity index (χ1) is 16.6. The van der Waals surface area contributed by atoms with Gasteiger partial charge in [-0.25, -0.2) is 9.37 Å². The van der Waals surface area contributed by atoms with Crippen molar-refractivity contribution in [3.05, 3.63) is 70.8 Å². The second kappa shape index (κ2) is 10.3. The number of aryl methyl sites for hydroxylation is 1. The van der Waals surface area contributed by atoms with E-state index < -0.39 is 5.82 Å². The van der Waals surface area contributed by atoms with Crippen LogP contribution in [0.25, 0.3) is 22.2 Å². The van der Waals surface area contributed by atoms with Crippen LogP contribution in [0.3, 0.4) is 0 Å². The molecule has 0 amide bonds. The number of aromatic nitrogens is 3. The molecule has 3 heterocycles. The van der Waals surface area contributed by atoms with Gasteiger partial charge in [0.25, 0.3) is 0 Å². The van der Waals surface area contributed by atoms with Crippen LogP contribution in [0.5, 0.6) is 5.75 Å². The third kappa shape index (κ3) is 4.65. The van der Waals surface area contributed by atoms with Crippen molar-refractivity contribution in [2.45, 2.75) is 13.3 Å². The molecule has 0 atom stereocenters. The lowest BCUT2D eigenvalue weighted by Gasteiger charge is -2.29. The van der Waals surface area contributed by atoms with Crippen molar-refractivity contribution in [1.82, 2.24) is 20.5 Å². The molecule has 5 rings (SSSR count). The third-order valence-electron chi connectivity index (χ3n) is 6.33. The number of fused-ring (bicyclic) bond motifs is 1. The first kappa shape index (κ1) is 24.5. The van der Waals surface area contributed by atoms with Crippen LogP contribution in [0.1, 0.15) is 22.5 Å². The number of anilines is 1. The Bertz CT molecular complexity index is 1390. The molecule has 0 spiro atoms. The lowest BCUT2D eigenvalue weighted by molar-refractivity contribution is 0.411. The molecule has 2 aromatic carbocycles. The molecule has 0 saturated carbocycles. The van der Waals surface area contributed by atoms with Crippen LogP contribution in [0.4, 0.5) is 10.1 Å². The quantitative estimate of drug-likeness (QED) is 0.430. The largest absolute Gasteiger partial charge is 0.497 e. The number of hydrogen-bond donors (Lipinski definition) is 2. The van der Waals surface area contributed by atoms with Gasteiger partial charge in [-0.15, -0.1) is 12.4 Å². The average molecular weight is 493 g/mol. The Kier molecular flexibility index (Phi) is 7.20. The molecule has 0 radical (unpaired) electrons. The lowest BCUT2D eigenvalue weighted by atomic mass is 9.93. The third-order valence-corrected chi connectivity index (χ3v) is 6.33. The molecule has 0 aliphatic carbocycles. The number of nitrogens with one attached hydrogen (secondary N) is 2. The van der Waals surface area contributed by atoms with E-state index in [2.05, 4.69) is 43.6 Å². The first-order valence-corrected chi connectivity index (χ1v) is 11.2. The lowest BCUT2D eigenvalue weighted by Crippen LogP contribution is -2.43. The van der Waals surface area contributed by atoms with Gasteiger partial charge < -0.3 is 15.0 Å². The summed E-state index contributed by atoms with van der Waals surface area (Å²) >= 11 is 0. The summed E-state index contributed by atoms with van der Waals surface area (Å²) in [4.78, 5) is 6.99. The number of methoxy groups -OCH3 is 1. The maximum absolute atomic E-state index is 14.7. The van der Waals surface area contributed by atoms with Gasteiger partial charge in [0.15, 0.2) is 5.65 Å². The standard InChI is InChI=1S/C26H25FN6O.ClH/c1-16-24-25(17-3-6-19(7-4-17)33-11-9-29-10-12-33)21(15-28)23(30-26(24)32-31-16)13-18-5-8-20(34-2)14-22(18)27;/h3-8,14,29H,9-13H2,1-2H3,(H,30,31,32);1H. The second-order valence-electron chi connectivity index (χ2n) is 8.39. The molecule has 1 saturated heterocycles. The number of nitriles is 1. The second-order valence-corrected chi connectivity index (χ2v) is 8.39. The summed E-state index contributed by atoms with van der Waals surface area (Å²) < 4.78 is 19.8. The van der Waals surface area contributed by atoms with Gasteiger partial charge in [-0.1, -0.05) is 18.2 Å². The highest BCUT2D eigenvalue weighted by atomic mass is 35.5. The van der Waals surface area contributed by atoms with Crippen LogP contribution in [0, 0.1) is 24.1 Å². The fourth-order valence-electron chi connectivity index (χ4n) is 4.53. The molecule has 1 fully saturated rings. The van der Waals surface area contributed by atoms with Crippen molar-refractivity contribution >= 4 is 29.1 Å². The Morgan fingerprint density at radius 3 is 2.54 bits per heavy atom. The van der Waals surface area contributed by atoms with E-state index in [1.165, 1.54) is 13.2 Å². The Hall–Kier alpha value is -3.67. The van der Waals surface area contributed by atoms with Crippen LogP contribution in [-0.4, -0.2) is 48.5 Å². The van der Waals surface area contributed by atoms with Crippen molar-refractivity contribution in [3.8, 4) is 22.9 Å². The SMILES string of the molecule is COc1ccc(Cc2nc3n[nH]c(C)c3c(-c3ccc(N4CCNCC4)cc3)c2C#N)c(F)c1.Cl. The maximum atomic E-state index is 14.7. The van der Waals surface area contributed by atoms with Crippen molar-refractivity contribution in [2.75, 3.05) is 38.2 Å². The van der Waals surface area contributed by atoms with E-state index in [-0.39, 0.29) is 18.8 Å². The Labute approximate surface area is 209 Å². The molecule has 2 aromatic heterocycles. The van der Waals surface area contributed by atoms with Crippen LogP contribution < -0.4 is 15.0 Å². The first-order valence-electron chi connectivity index (χ1n) is 11.2. The van der Waals surface area contributed by atoms with Crippen LogP contribution in [0.2, 0.25) is 0 Å². The number of nitrogens with zero attached hydrogens (tertiary/aromatic N) is 4. The number of halogens is 2. The number of rotatable bonds is 5. The highest BCUT2D eigenvalue weighted by molar-refractivity contribution is 5.98. The smallest absolute Gasteiger partial charge is 0.182 e. The zero-order chi connectivity index (χ0) is 23.7. The van der Waals surface area contributed by atoms with Gasteiger partial charge in [0.05, 0.1) is 23.8 Å². The topological polar surface area (TPSA) is 89.9 Å². The molecule has 0 bridgehead atoms. The van der Waals surface area contributed by atoms with E-state index in [9.17, 15) is 9.65 Å². The fraction of sp³-hybridized carbons (Fsp3) is 0.269. The van der Waals surface area contributed by atoms with E-state index in [0.717, 1.165) is 54.1 Å². The molecular weight excluding hydrogens is 467 g/mol. The number of H-pyrrole nitrogens is 1. The number of pyridine rings is 1. The van der Waals surface area contributed by atoms with E-state index >= 15 is 0 Å². The van der Waals surface area contributed by atoms with E-state index in [1.807, 2.05) is 19.1 Å². The molecule has 1 aliphatic rings. The van der Waals surface area contributed by atoms with Crippen molar-refractivity contribution in [3.63, 3.8) is 0 Å². The zero-order valence-corrected chi connectivity index (χ0v) is 20.4. The average Bonchev–Trinajstić information content (AvgIpc) is 3.25. The Morgan fingerprint density at radius 1 is 1.14 bits per heavy atom. The molecule has 9 heteroatoms. The summed E-state index contributed by atoms with van der Waals surface area (Å²) in [5, 5.41) is 21.7. The van der Waals surface area contributed by atoms with Crippen LogP contribution in [-0.2, 0) is 6.42 Å². The molecule has 0 unspecified atom stereocenters. The van der Waals surface area contributed by atoms with Gasteiger partial charge >= 0.3 is 0 Å². The van der Waals surface area contributed by atoms with E-state index in [1.54, 1.807) is 12.1 Å². The summed E-state index contributed by atoms with van der Waals surface area (Å²) in [6, 6.07) is 15.3. The fourth-order valence-corrected chi connectivity index (χ4v) is 4.53. The van der Waals surface area contributed by atoms with Gasteiger partial charge in [-0.2, -0.15) is 10.4 Å². The highest BCUT2D eigenvalue weighted by Crippen LogP contribution is 2.36. The summed E-state index contributed by atoms with van der Waals surface area (Å²) in [7, 11) is 1.50.